The highest BCUT2D eigenvalue weighted by molar-refractivity contribution is 8.78. The first kappa shape index (κ1) is 17.3. The number of anilines is 1. The average Bonchev–Trinajstić information content (AvgIpc) is 3.40. The van der Waals surface area contributed by atoms with Gasteiger partial charge in [-0.25, -0.2) is 0 Å². The van der Waals surface area contributed by atoms with E-state index in [1.807, 2.05) is 11.0 Å². The molecule has 4 saturated heterocycles. The minimum Gasteiger partial charge on any atom is -0.364 e. The van der Waals surface area contributed by atoms with Crippen LogP contribution in [-0.2, 0) is 21.4 Å². The molecule has 2 aromatic carbocycles. The number of carbonyl (C=O) groups excluding carboxylic acids is 2. The molecule has 0 saturated carbocycles. The number of amides is 2. The Labute approximate surface area is 182 Å². The van der Waals surface area contributed by atoms with Crippen molar-refractivity contribution in [3.8, 4) is 0 Å². The Hall–Kier alpha value is -2.38. The number of nitrogens with zero attached hydrogens (tertiary/aromatic N) is 2. The molecule has 4 fully saturated rings. The second kappa shape index (κ2) is 5.45. The normalized spacial score (nSPS) is 35.0. The molecule has 5 heterocycles. The molecule has 6 aliphatic rings. The van der Waals surface area contributed by atoms with Crippen molar-refractivity contribution in [1.29, 1.82) is 0 Å². The first-order chi connectivity index (χ1) is 14.6. The zero-order valence-electron chi connectivity index (χ0n) is 16.3. The van der Waals surface area contributed by atoms with Crippen molar-refractivity contribution in [3.05, 3.63) is 71.3 Å². The van der Waals surface area contributed by atoms with Gasteiger partial charge in [-0.05, 0) is 34.8 Å². The summed E-state index contributed by atoms with van der Waals surface area (Å²) in [6.45, 7) is 0. The number of para-hydroxylation sites is 1. The Balaban J connectivity index is 1.51. The summed E-state index contributed by atoms with van der Waals surface area (Å²) in [6, 6.07) is 16.9. The van der Waals surface area contributed by atoms with E-state index >= 15 is 0 Å². The fourth-order valence-electron chi connectivity index (χ4n) is 6.14. The number of allylic oxidation sites excluding steroid dienone is 1. The monoisotopic (exact) mass is 433 g/mol. The van der Waals surface area contributed by atoms with Crippen LogP contribution in [0.2, 0.25) is 0 Å². The number of benzene rings is 2. The number of hydrogen-bond donors (Lipinski definition) is 1. The third-order valence-corrected chi connectivity index (χ3v) is 10.6. The van der Waals surface area contributed by atoms with Gasteiger partial charge in [0, 0.05) is 19.2 Å². The molecule has 8 rings (SSSR count). The summed E-state index contributed by atoms with van der Waals surface area (Å²) in [5.41, 5.74) is 5.63. The third kappa shape index (κ3) is 1.73. The first-order valence-corrected chi connectivity index (χ1v) is 12.4. The van der Waals surface area contributed by atoms with Crippen LogP contribution < -0.4 is 5.32 Å². The van der Waals surface area contributed by atoms with Gasteiger partial charge < -0.3 is 10.2 Å². The molecule has 2 aromatic rings. The lowest BCUT2D eigenvalue weighted by Crippen LogP contribution is -2.70. The number of likely N-dealkylation sites (N-methyl/N-ethyl adjacent to an activating group) is 1. The van der Waals surface area contributed by atoms with Crippen LogP contribution in [0.3, 0.4) is 0 Å². The standard InChI is InChI=1S/C23H19N3O2S2/c1-25-19-18(27)26-20-22(12-23(26,21(25)28)30-29-19,16-8-4-5-9-17(16)24-20)15-11-10-13-6-2-3-7-14(13)15/h2-9,11,19-20,24H,10,12H2,1H3/t19-,20+,22-,23-/m0/s1. The number of fused-ring (bicyclic) bond motifs is 6. The van der Waals surface area contributed by atoms with E-state index in [0.29, 0.717) is 6.42 Å². The van der Waals surface area contributed by atoms with Crippen molar-refractivity contribution in [3.63, 3.8) is 0 Å². The highest BCUT2D eigenvalue weighted by Gasteiger charge is 2.75. The number of nitrogens with one attached hydrogen (secondary N) is 1. The predicted molar refractivity (Wildman–Crippen MR) is 120 cm³/mol. The summed E-state index contributed by atoms with van der Waals surface area (Å²) in [7, 11) is 4.88. The Morgan fingerprint density at radius 2 is 1.90 bits per heavy atom. The highest BCUT2D eigenvalue weighted by atomic mass is 33.1. The van der Waals surface area contributed by atoms with Crippen molar-refractivity contribution < 1.29 is 9.59 Å². The van der Waals surface area contributed by atoms with Gasteiger partial charge >= 0.3 is 0 Å². The van der Waals surface area contributed by atoms with E-state index in [-0.39, 0.29) is 18.0 Å². The molecule has 5 aliphatic heterocycles. The van der Waals surface area contributed by atoms with Crippen LogP contribution in [0.4, 0.5) is 5.69 Å². The zero-order valence-corrected chi connectivity index (χ0v) is 17.9. The number of rotatable bonds is 1. The topological polar surface area (TPSA) is 52.7 Å². The summed E-state index contributed by atoms with van der Waals surface area (Å²) in [5, 5.41) is 3.21. The number of hydrogen-bond acceptors (Lipinski definition) is 5. The Kier molecular flexibility index (Phi) is 3.15. The molecular weight excluding hydrogens is 414 g/mol. The molecule has 1 spiro atoms. The molecule has 2 amide bonds. The fraction of sp³-hybridized carbons (Fsp3) is 0.304. The van der Waals surface area contributed by atoms with E-state index in [4.69, 9.17) is 0 Å². The predicted octanol–water partition coefficient (Wildman–Crippen LogP) is 3.44. The Bertz CT molecular complexity index is 1200. The van der Waals surface area contributed by atoms with E-state index < -0.39 is 15.7 Å². The van der Waals surface area contributed by atoms with Crippen LogP contribution in [0.25, 0.3) is 5.57 Å². The summed E-state index contributed by atoms with van der Waals surface area (Å²) in [6.07, 6.45) is 3.54. The molecule has 0 unspecified atom stereocenters. The van der Waals surface area contributed by atoms with Crippen LogP contribution in [0, 0.1) is 0 Å². The minimum absolute atomic E-state index is 0.0416. The second-order valence-corrected chi connectivity index (χ2v) is 11.2. The molecule has 30 heavy (non-hydrogen) atoms. The molecular formula is C23H19N3O2S2. The molecule has 1 aliphatic carbocycles. The van der Waals surface area contributed by atoms with Gasteiger partial charge in [-0.2, -0.15) is 0 Å². The lowest BCUT2D eigenvalue weighted by molar-refractivity contribution is -0.157. The quantitative estimate of drug-likeness (QED) is 0.699. The SMILES string of the molecule is CN1C(=O)[C@@]23C[C@]4(C5=CCc6ccccc65)c5ccccc5N[C@@H]4N2C(=O)[C@@H]1SS3. The summed E-state index contributed by atoms with van der Waals surface area (Å²) in [4.78, 5) is 29.8. The molecule has 0 aromatic heterocycles. The first-order valence-electron chi connectivity index (χ1n) is 10.2. The molecule has 4 atom stereocenters. The largest absolute Gasteiger partial charge is 0.364 e. The van der Waals surface area contributed by atoms with E-state index in [1.165, 1.54) is 33.1 Å². The van der Waals surface area contributed by atoms with E-state index in [9.17, 15) is 9.59 Å². The highest BCUT2D eigenvalue weighted by Crippen LogP contribution is 2.69. The molecule has 1 N–H and O–H groups in total. The number of piperazine rings is 1. The molecule has 2 bridgehead atoms. The van der Waals surface area contributed by atoms with Crippen molar-refractivity contribution >= 4 is 44.7 Å². The maximum absolute atomic E-state index is 13.6. The Morgan fingerprint density at radius 1 is 1.10 bits per heavy atom. The van der Waals surface area contributed by atoms with Gasteiger partial charge in [-0.1, -0.05) is 70.1 Å². The average molecular weight is 434 g/mol. The number of carbonyl (C=O) groups is 2. The van der Waals surface area contributed by atoms with Gasteiger partial charge in [-0.15, -0.1) is 0 Å². The van der Waals surface area contributed by atoms with Crippen LogP contribution in [0.5, 0.6) is 0 Å². The van der Waals surface area contributed by atoms with E-state index in [0.717, 1.165) is 12.1 Å². The maximum Gasteiger partial charge on any atom is 0.261 e. The smallest absolute Gasteiger partial charge is 0.261 e. The van der Waals surface area contributed by atoms with Crippen molar-refractivity contribution in [2.45, 2.75) is 34.7 Å². The second-order valence-electron chi connectivity index (χ2n) is 8.66. The summed E-state index contributed by atoms with van der Waals surface area (Å²) in [5.74, 6) is 0.0932. The van der Waals surface area contributed by atoms with E-state index in [2.05, 4.69) is 53.9 Å². The maximum atomic E-state index is 13.6. The molecule has 7 heteroatoms. The molecule has 0 radical (unpaired) electrons. The zero-order chi connectivity index (χ0) is 20.3. The lowest BCUT2D eigenvalue weighted by atomic mass is 9.70. The van der Waals surface area contributed by atoms with Gasteiger partial charge in [0.15, 0.2) is 10.2 Å². The van der Waals surface area contributed by atoms with Gasteiger partial charge in [-0.3, -0.25) is 14.5 Å². The van der Waals surface area contributed by atoms with Gasteiger partial charge in [0.2, 0.25) is 0 Å². The van der Waals surface area contributed by atoms with Crippen LogP contribution >= 0.6 is 21.6 Å². The van der Waals surface area contributed by atoms with Gasteiger partial charge in [0.1, 0.15) is 6.17 Å². The Morgan fingerprint density at radius 3 is 2.80 bits per heavy atom. The van der Waals surface area contributed by atoms with Crippen LogP contribution in [-0.4, -0.2) is 45.1 Å². The van der Waals surface area contributed by atoms with E-state index in [1.54, 1.807) is 22.7 Å². The summed E-state index contributed by atoms with van der Waals surface area (Å²) >= 11 is 0. The molecule has 150 valence electrons. The van der Waals surface area contributed by atoms with Crippen molar-refractivity contribution in [2.24, 2.45) is 0 Å². The fourth-order valence-corrected chi connectivity index (χ4v) is 9.61. The minimum atomic E-state index is -0.866. The lowest BCUT2D eigenvalue weighted by Gasteiger charge is -2.52. The van der Waals surface area contributed by atoms with Crippen LogP contribution in [0.15, 0.2) is 54.6 Å². The van der Waals surface area contributed by atoms with Crippen molar-refractivity contribution in [1.82, 2.24) is 9.80 Å². The molecule has 5 nitrogen and oxygen atoms in total. The summed E-state index contributed by atoms with van der Waals surface area (Å²) < 4.78 is 0. The third-order valence-electron chi connectivity index (χ3n) is 7.38. The van der Waals surface area contributed by atoms with Gasteiger partial charge in [0.25, 0.3) is 11.8 Å². The van der Waals surface area contributed by atoms with Crippen molar-refractivity contribution in [2.75, 3.05) is 12.4 Å². The van der Waals surface area contributed by atoms with Gasteiger partial charge in [0.05, 0.1) is 5.41 Å². The van der Waals surface area contributed by atoms with Crippen LogP contribution in [0.1, 0.15) is 23.1 Å².